The molecule has 2 aliphatic heterocycles. The molecule has 2 aromatic heterocycles. The fraction of sp³-hybridized carbons (Fsp3) is 0.577. The van der Waals surface area contributed by atoms with E-state index < -0.39 is 24.3 Å². The Labute approximate surface area is 246 Å². The van der Waals surface area contributed by atoms with Crippen molar-refractivity contribution in [2.45, 2.75) is 44.6 Å². The van der Waals surface area contributed by atoms with Crippen molar-refractivity contribution in [1.29, 1.82) is 0 Å². The number of hydrogen-bond acceptors (Lipinski definition) is 8. The summed E-state index contributed by atoms with van der Waals surface area (Å²) in [5, 5.41) is 19.7. The highest BCUT2D eigenvalue weighted by Gasteiger charge is 2.53. The summed E-state index contributed by atoms with van der Waals surface area (Å²) in [5.41, 5.74) is -0.335. The van der Waals surface area contributed by atoms with Crippen LogP contribution in [-0.4, -0.2) is 88.0 Å². The van der Waals surface area contributed by atoms with E-state index in [1.807, 2.05) is 17.4 Å². The molecule has 10 nitrogen and oxygen atoms in total. The van der Waals surface area contributed by atoms with Crippen LogP contribution in [0.1, 0.15) is 30.6 Å². The Hall–Kier alpha value is -3.47. The number of hydrogen-bond donors (Lipinski definition) is 3. The molecule has 5 rings (SSSR count). The smallest absolute Gasteiger partial charge is 0.475 e. The third kappa shape index (κ3) is 10.0. The lowest BCUT2D eigenvalue weighted by molar-refractivity contribution is -0.193. The topological polar surface area (TPSA) is 136 Å². The van der Waals surface area contributed by atoms with Gasteiger partial charge >= 0.3 is 24.3 Å². The second kappa shape index (κ2) is 14.3. The summed E-state index contributed by atoms with van der Waals surface area (Å²) in [7, 11) is 0. The third-order valence-corrected chi connectivity index (χ3v) is 8.11. The highest BCUT2D eigenvalue weighted by Crippen LogP contribution is 2.44. The number of nitrogens with one attached hydrogen (secondary N) is 1. The quantitative estimate of drug-likeness (QED) is 0.400. The van der Waals surface area contributed by atoms with Crippen molar-refractivity contribution in [2.24, 2.45) is 17.3 Å². The molecular formula is C26H31F6N5O5S. The van der Waals surface area contributed by atoms with Crippen LogP contribution in [0, 0.1) is 17.3 Å². The molecule has 3 aliphatic rings. The number of amides is 1. The summed E-state index contributed by atoms with van der Waals surface area (Å²) in [5.74, 6) is -3.51. The van der Waals surface area contributed by atoms with E-state index in [9.17, 15) is 31.1 Å². The lowest BCUT2D eigenvalue weighted by Crippen LogP contribution is -2.48. The van der Waals surface area contributed by atoms with Gasteiger partial charge in [-0.25, -0.2) is 19.6 Å². The van der Waals surface area contributed by atoms with Crippen LogP contribution >= 0.6 is 11.3 Å². The summed E-state index contributed by atoms with van der Waals surface area (Å²) in [4.78, 5) is 46.4. The molecule has 238 valence electrons. The van der Waals surface area contributed by atoms with Gasteiger partial charge in [0.05, 0.1) is 5.41 Å². The van der Waals surface area contributed by atoms with Gasteiger partial charge < -0.3 is 20.4 Å². The number of carboxylic acid groups (broad SMARTS) is 2. The Bertz CT molecular complexity index is 1190. The van der Waals surface area contributed by atoms with Gasteiger partial charge in [-0.3, -0.25) is 9.69 Å². The first kappa shape index (κ1) is 34.0. The number of carboxylic acids is 2. The van der Waals surface area contributed by atoms with Crippen LogP contribution in [0.25, 0.3) is 0 Å². The van der Waals surface area contributed by atoms with Crippen LogP contribution in [0.3, 0.4) is 0 Å². The van der Waals surface area contributed by atoms with Gasteiger partial charge in [-0.2, -0.15) is 26.3 Å². The number of thiophene rings is 1. The molecule has 17 heteroatoms. The number of aromatic nitrogens is 2. The summed E-state index contributed by atoms with van der Waals surface area (Å²) in [6, 6.07) is 6.18. The molecule has 4 heterocycles. The van der Waals surface area contributed by atoms with Crippen molar-refractivity contribution < 1.29 is 50.9 Å². The Kier molecular flexibility index (Phi) is 11.3. The molecule has 0 aromatic carbocycles. The first-order valence-corrected chi connectivity index (χ1v) is 14.1. The number of alkyl halides is 6. The number of nitrogens with zero attached hydrogens (tertiary/aromatic N) is 4. The maximum Gasteiger partial charge on any atom is 0.490 e. The van der Waals surface area contributed by atoms with Crippen LogP contribution in [0.15, 0.2) is 36.0 Å². The summed E-state index contributed by atoms with van der Waals surface area (Å²) < 4.78 is 63.5. The SMILES string of the molecule is O=C(NCC1CC1)[C@@]12CCCN(Cc3cccs3)C[C@H]1CN(c1ncccn1)C2.O=C(O)C(F)(F)F.O=C(O)C(F)(F)F. The molecular weight excluding hydrogens is 608 g/mol. The van der Waals surface area contributed by atoms with Gasteiger partial charge in [-0.05, 0) is 55.7 Å². The van der Waals surface area contributed by atoms with E-state index in [0.29, 0.717) is 11.8 Å². The van der Waals surface area contributed by atoms with Gasteiger partial charge in [0.15, 0.2) is 0 Å². The normalized spacial score (nSPS) is 22.2. The fourth-order valence-corrected chi connectivity index (χ4v) is 5.74. The number of rotatable bonds is 6. The van der Waals surface area contributed by atoms with Crippen LogP contribution in [0.5, 0.6) is 0 Å². The molecule has 0 radical (unpaired) electrons. The van der Waals surface area contributed by atoms with Crippen LogP contribution in [0.2, 0.25) is 0 Å². The van der Waals surface area contributed by atoms with Crippen molar-refractivity contribution in [3.63, 3.8) is 0 Å². The van der Waals surface area contributed by atoms with Crippen molar-refractivity contribution in [1.82, 2.24) is 20.2 Å². The first-order chi connectivity index (χ1) is 20.1. The lowest BCUT2D eigenvalue weighted by atomic mass is 9.74. The molecule has 2 atom stereocenters. The van der Waals surface area contributed by atoms with Crippen molar-refractivity contribution in [2.75, 3.05) is 37.6 Å². The number of aliphatic carboxylic acids is 2. The highest BCUT2D eigenvalue weighted by molar-refractivity contribution is 7.09. The van der Waals surface area contributed by atoms with E-state index in [4.69, 9.17) is 19.8 Å². The van der Waals surface area contributed by atoms with Gasteiger partial charge in [-0.15, -0.1) is 11.3 Å². The van der Waals surface area contributed by atoms with E-state index in [1.165, 1.54) is 17.7 Å². The minimum absolute atomic E-state index is 0.255. The average Bonchev–Trinajstić information content (AvgIpc) is 3.54. The number of carbonyl (C=O) groups excluding carboxylic acids is 1. The molecule has 3 N–H and O–H groups in total. The minimum Gasteiger partial charge on any atom is -0.475 e. The molecule has 3 fully saturated rings. The number of anilines is 1. The van der Waals surface area contributed by atoms with Gasteiger partial charge in [0.25, 0.3) is 0 Å². The number of fused-ring (bicyclic) bond motifs is 1. The van der Waals surface area contributed by atoms with Crippen molar-refractivity contribution >= 4 is 35.1 Å². The molecule has 43 heavy (non-hydrogen) atoms. The van der Waals surface area contributed by atoms with Gasteiger partial charge in [-0.1, -0.05) is 6.07 Å². The monoisotopic (exact) mass is 639 g/mol. The van der Waals surface area contributed by atoms with E-state index >= 15 is 0 Å². The van der Waals surface area contributed by atoms with E-state index in [0.717, 1.165) is 58.1 Å². The fourth-order valence-electron chi connectivity index (χ4n) is 4.99. The minimum atomic E-state index is -5.08. The van der Waals surface area contributed by atoms with Crippen molar-refractivity contribution in [3.05, 3.63) is 40.8 Å². The molecule has 1 aliphatic carbocycles. The third-order valence-electron chi connectivity index (χ3n) is 7.25. The van der Waals surface area contributed by atoms with Gasteiger partial charge in [0.1, 0.15) is 0 Å². The number of likely N-dealkylation sites (tertiary alicyclic amines) is 1. The Morgan fingerprint density at radius 3 is 2.12 bits per heavy atom. The second-order valence-corrected chi connectivity index (χ2v) is 11.5. The maximum atomic E-state index is 13.5. The Morgan fingerprint density at radius 2 is 1.60 bits per heavy atom. The van der Waals surface area contributed by atoms with E-state index in [-0.39, 0.29) is 11.3 Å². The molecule has 0 spiro atoms. The lowest BCUT2D eigenvalue weighted by Gasteiger charge is -2.32. The number of halogens is 6. The molecule has 1 amide bonds. The zero-order chi connectivity index (χ0) is 31.8. The molecule has 2 aromatic rings. The van der Waals surface area contributed by atoms with Crippen LogP contribution in [0.4, 0.5) is 32.3 Å². The van der Waals surface area contributed by atoms with E-state index in [1.54, 1.807) is 12.4 Å². The summed E-state index contributed by atoms with van der Waals surface area (Å²) >= 11 is 1.82. The first-order valence-electron chi connectivity index (χ1n) is 13.3. The molecule has 0 unspecified atom stereocenters. The van der Waals surface area contributed by atoms with Crippen LogP contribution < -0.4 is 10.2 Å². The van der Waals surface area contributed by atoms with Crippen molar-refractivity contribution in [3.8, 4) is 0 Å². The zero-order valence-electron chi connectivity index (χ0n) is 22.8. The second-order valence-electron chi connectivity index (χ2n) is 10.5. The van der Waals surface area contributed by atoms with Crippen LogP contribution in [-0.2, 0) is 20.9 Å². The molecule has 0 bridgehead atoms. The summed E-state index contributed by atoms with van der Waals surface area (Å²) in [6.07, 6.45) is -2.07. The van der Waals surface area contributed by atoms with Gasteiger partial charge in [0, 0.05) is 55.9 Å². The van der Waals surface area contributed by atoms with Gasteiger partial charge in [0.2, 0.25) is 11.9 Å². The maximum absolute atomic E-state index is 13.5. The predicted molar refractivity (Wildman–Crippen MR) is 142 cm³/mol. The number of carbonyl (C=O) groups is 3. The zero-order valence-corrected chi connectivity index (χ0v) is 23.6. The Morgan fingerprint density at radius 1 is 1.00 bits per heavy atom. The molecule has 2 saturated heterocycles. The van der Waals surface area contributed by atoms with E-state index in [2.05, 4.69) is 42.6 Å². The average molecular weight is 640 g/mol. The molecule has 1 saturated carbocycles. The summed E-state index contributed by atoms with van der Waals surface area (Å²) in [6.45, 7) is 5.42. The highest BCUT2D eigenvalue weighted by atomic mass is 32.1. The predicted octanol–water partition coefficient (Wildman–Crippen LogP) is 4.05. The standard InChI is InChI=1S/C22H29N5OS.2C2HF3O2/c28-20(25-12-17-5-6-17)22-7-2-10-26(15-19-4-1-11-29-19)13-18(22)14-27(16-22)21-23-8-3-9-24-21;2*3-2(4,5)1(6)7/h1,3-4,8-9,11,17-18H,2,5-7,10,12-16H2,(H,25,28);2*(H,6,7)/t18-,22+;;/m0../s1. The largest absolute Gasteiger partial charge is 0.490 e. The Balaban J connectivity index is 0.000000303.